The molecule has 0 spiro atoms. The summed E-state index contributed by atoms with van der Waals surface area (Å²) in [7, 11) is -1.77. The number of halogens is 3. The highest BCUT2D eigenvalue weighted by atomic mass is 32.2. The van der Waals surface area contributed by atoms with Crippen LogP contribution in [0.5, 0.6) is 11.5 Å². The van der Waals surface area contributed by atoms with Gasteiger partial charge in [-0.25, -0.2) is 8.42 Å². The molecule has 37 heavy (non-hydrogen) atoms. The summed E-state index contributed by atoms with van der Waals surface area (Å²) in [5.41, 5.74) is -0.261. The Labute approximate surface area is 213 Å². The SMILES string of the molecule is COc1ccc(S(=O)(=O)N(CC(=O)NCCCc2ccccc2)c2cccc(C(F)(F)F)c2)cc1OC. The molecular formula is C26H27F3N2O5S. The van der Waals surface area contributed by atoms with Gasteiger partial charge >= 0.3 is 6.18 Å². The fraction of sp³-hybridized carbons (Fsp3) is 0.269. The second kappa shape index (κ2) is 12.0. The number of carbonyl (C=O) groups is 1. The van der Waals surface area contributed by atoms with E-state index < -0.39 is 34.2 Å². The van der Waals surface area contributed by atoms with Crippen LogP contribution in [0.4, 0.5) is 18.9 Å². The molecular weight excluding hydrogens is 509 g/mol. The molecule has 0 unspecified atom stereocenters. The molecule has 0 aliphatic carbocycles. The number of aryl methyl sites for hydroxylation is 1. The molecule has 1 amide bonds. The Hall–Kier alpha value is -3.73. The highest BCUT2D eigenvalue weighted by Crippen LogP contribution is 2.35. The summed E-state index contributed by atoms with van der Waals surface area (Å²) in [6, 6.07) is 17.2. The van der Waals surface area contributed by atoms with Crippen molar-refractivity contribution in [1.82, 2.24) is 5.32 Å². The number of rotatable bonds is 11. The monoisotopic (exact) mass is 536 g/mol. The maximum absolute atomic E-state index is 13.6. The summed E-state index contributed by atoms with van der Waals surface area (Å²) in [4.78, 5) is 12.5. The van der Waals surface area contributed by atoms with Gasteiger partial charge in [0, 0.05) is 12.6 Å². The van der Waals surface area contributed by atoms with Crippen LogP contribution in [0.3, 0.4) is 0 Å². The number of carbonyl (C=O) groups excluding carboxylic acids is 1. The minimum Gasteiger partial charge on any atom is -0.493 e. The van der Waals surface area contributed by atoms with Crippen LogP contribution >= 0.6 is 0 Å². The highest BCUT2D eigenvalue weighted by molar-refractivity contribution is 7.92. The number of hydrogen-bond acceptors (Lipinski definition) is 5. The molecule has 3 aromatic rings. The number of hydrogen-bond donors (Lipinski definition) is 1. The fourth-order valence-electron chi connectivity index (χ4n) is 3.61. The predicted molar refractivity (Wildman–Crippen MR) is 133 cm³/mol. The zero-order valence-electron chi connectivity index (χ0n) is 20.3. The zero-order chi connectivity index (χ0) is 27.1. The van der Waals surface area contributed by atoms with Gasteiger partial charge in [0.05, 0.1) is 30.4 Å². The standard InChI is InChI=1S/C26H27F3N2O5S/c1-35-23-14-13-22(17-24(23)36-2)37(33,34)31(21-12-6-11-20(16-21)26(27,28)29)18-25(32)30-15-7-10-19-8-4-3-5-9-19/h3-6,8-9,11-14,16-17H,7,10,15,18H2,1-2H3,(H,30,32). The average molecular weight is 537 g/mol. The third-order valence-electron chi connectivity index (χ3n) is 5.50. The highest BCUT2D eigenvalue weighted by Gasteiger charge is 2.33. The van der Waals surface area contributed by atoms with Crippen molar-refractivity contribution in [3.63, 3.8) is 0 Å². The molecule has 0 fully saturated rings. The Morgan fingerprint density at radius 3 is 2.27 bits per heavy atom. The number of anilines is 1. The van der Waals surface area contributed by atoms with E-state index >= 15 is 0 Å². The van der Waals surface area contributed by atoms with Gasteiger partial charge in [-0.05, 0) is 48.7 Å². The van der Waals surface area contributed by atoms with Crippen LogP contribution in [0.15, 0.2) is 77.7 Å². The van der Waals surface area contributed by atoms with Crippen molar-refractivity contribution in [2.75, 3.05) is 31.6 Å². The van der Waals surface area contributed by atoms with Crippen molar-refractivity contribution >= 4 is 21.6 Å². The summed E-state index contributed by atoms with van der Waals surface area (Å²) in [5.74, 6) is -0.282. The molecule has 7 nitrogen and oxygen atoms in total. The van der Waals surface area contributed by atoms with E-state index in [2.05, 4.69) is 5.32 Å². The predicted octanol–water partition coefficient (Wildman–Crippen LogP) is 4.67. The molecule has 3 aromatic carbocycles. The number of amides is 1. The van der Waals surface area contributed by atoms with Crippen LogP contribution in [0, 0.1) is 0 Å². The lowest BCUT2D eigenvalue weighted by atomic mass is 10.1. The Kier molecular flexibility index (Phi) is 9.04. The number of nitrogens with one attached hydrogen (secondary N) is 1. The van der Waals surface area contributed by atoms with Crippen LogP contribution in [-0.2, 0) is 27.4 Å². The number of methoxy groups -OCH3 is 2. The first-order valence-corrected chi connectivity index (χ1v) is 12.7. The summed E-state index contributed by atoms with van der Waals surface area (Å²) < 4.78 is 78.2. The van der Waals surface area contributed by atoms with Gasteiger partial charge in [0.2, 0.25) is 5.91 Å². The van der Waals surface area contributed by atoms with Crippen LogP contribution < -0.4 is 19.1 Å². The molecule has 198 valence electrons. The summed E-state index contributed by atoms with van der Waals surface area (Å²) in [6.07, 6.45) is -3.40. The smallest absolute Gasteiger partial charge is 0.416 e. The van der Waals surface area contributed by atoms with Gasteiger partial charge < -0.3 is 14.8 Å². The van der Waals surface area contributed by atoms with Crippen molar-refractivity contribution in [2.45, 2.75) is 23.9 Å². The van der Waals surface area contributed by atoms with E-state index in [-0.39, 0.29) is 28.6 Å². The third kappa shape index (κ3) is 7.16. The van der Waals surface area contributed by atoms with Gasteiger partial charge in [-0.3, -0.25) is 9.10 Å². The van der Waals surface area contributed by atoms with Crippen molar-refractivity contribution < 1.29 is 35.9 Å². The van der Waals surface area contributed by atoms with E-state index in [9.17, 15) is 26.4 Å². The first-order valence-electron chi connectivity index (χ1n) is 11.3. The lowest BCUT2D eigenvalue weighted by molar-refractivity contribution is -0.137. The topological polar surface area (TPSA) is 84.9 Å². The van der Waals surface area contributed by atoms with Crippen LogP contribution in [-0.4, -0.2) is 41.6 Å². The van der Waals surface area contributed by atoms with Crippen LogP contribution in [0.25, 0.3) is 0 Å². The van der Waals surface area contributed by atoms with E-state index in [0.29, 0.717) is 23.2 Å². The molecule has 11 heteroatoms. The molecule has 0 radical (unpaired) electrons. The first-order chi connectivity index (χ1) is 17.6. The third-order valence-corrected chi connectivity index (χ3v) is 7.27. The van der Waals surface area contributed by atoms with E-state index in [0.717, 1.165) is 17.7 Å². The molecule has 1 N–H and O–H groups in total. The maximum atomic E-state index is 13.6. The molecule has 0 aliphatic rings. The molecule has 0 saturated carbocycles. The van der Waals surface area contributed by atoms with Gasteiger partial charge in [0.15, 0.2) is 11.5 Å². The molecule has 3 rings (SSSR count). The molecule has 0 heterocycles. The molecule has 0 aromatic heterocycles. The molecule has 0 atom stereocenters. The van der Waals surface area contributed by atoms with Crippen molar-refractivity contribution in [1.29, 1.82) is 0 Å². The Bertz CT molecular complexity index is 1320. The average Bonchev–Trinajstić information content (AvgIpc) is 2.89. The number of benzene rings is 3. The Morgan fingerprint density at radius 1 is 0.919 bits per heavy atom. The number of alkyl halides is 3. The summed E-state index contributed by atoms with van der Waals surface area (Å²) in [6.45, 7) is -0.454. The minimum absolute atomic E-state index is 0.109. The second-order valence-electron chi connectivity index (χ2n) is 8.02. The lowest BCUT2D eigenvalue weighted by Gasteiger charge is -2.25. The van der Waals surface area contributed by atoms with Gasteiger partial charge in [-0.2, -0.15) is 13.2 Å². The van der Waals surface area contributed by atoms with E-state index in [1.807, 2.05) is 30.3 Å². The number of nitrogens with zero attached hydrogens (tertiary/aromatic N) is 1. The largest absolute Gasteiger partial charge is 0.493 e. The van der Waals surface area contributed by atoms with Gasteiger partial charge in [-0.15, -0.1) is 0 Å². The van der Waals surface area contributed by atoms with E-state index in [1.54, 1.807) is 0 Å². The second-order valence-corrected chi connectivity index (χ2v) is 9.88. The Morgan fingerprint density at radius 2 is 1.62 bits per heavy atom. The lowest BCUT2D eigenvalue weighted by Crippen LogP contribution is -2.41. The van der Waals surface area contributed by atoms with Crippen molar-refractivity contribution in [3.8, 4) is 11.5 Å². The summed E-state index contributed by atoms with van der Waals surface area (Å²) >= 11 is 0. The summed E-state index contributed by atoms with van der Waals surface area (Å²) in [5, 5.41) is 2.65. The number of ether oxygens (including phenoxy) is 2. The van der Waals surface area contributed by atoms with Gasteiger partial charge in [-0.1, -0.05) is 36.4 Å². The maximum Gasteiger partial charge on any atom is 0.416 e. The molecule has 0 bridgehead atoms. The van der Waals surface area contributed by atoms with Gasteiger partial charge in [0.25, 0.3) is 10.0 Å². The molecule has 0 saturated heterocycles. The quantitative estimate of drug-likeness (QED) is 0.360. The minimum atomic E-state index is -4.70. The van der Waals surface area contributed by atoms with Crippen molar-refractivity contribution in [2.24, 2.45) is 0 Å². The van der Waals surface area contributed by atoms with Gasteiger partial charge in [0.1, 0.15) is 6.54 Å². The van der Waals surface area contributed by atoms with E-state index in [1.165, 1.54) is 38.5 Å². The Balaban J connectivity index is 1.87. The fourth-order valence-corrected chi connectivity index (χ4v) is 5.04. The van der Waals surface area contributed by atoms with Crippen molar-refractivity contribution in [3.05, 3.63) is 83.9 Å². The first kappa shape index (κ1) is 27.9. The molecule has 0 aliphatic heterocycles. The van der Waals surface area contributed by atoms with Crippen LogP contribution in [0.2, 0.25) is 0 Å². The zero-order valence-corrected chi connectivity index (χ0v) is 21.1. The van der Waals surface area contributed by atoms with Crippen LogP contribution in [0.1, 0.15) is 17.5 Å². The number of sulfonamides is 1. The van der Waals surface area contributed by atoms with E-state index in [4.69, 9.17) is 9.47 Å². The normalized spacial score (nSPS) is 11.6.